The lowest BCUT2D eigenvalue weighted by Crippen LogP contribution is -2.41. The van der Waals surface area contributed by atoms with Crippen LogP contribution in [0.25, 0.3) is 0 Å². The summed E-state index contributed by atoms with van der Waals surface area (Å²) in [5.74, 6) is 1.52. The summed E-state index contributed by atoms with van der Waals surface area (Å²) in [7, 11) is 1.59. The maximum atomic E-state index is 5.69. The van der Waals surface area contributed by atoms with E-state index in [2.05, 4.69) is 20.2 Å². The van der Waals surface area contributed by atoms with Crippen LogP contribution >= 0.6 is 0 Å². The second-order valence-corrected chi connectivity index (χ2v) is 5.29. The van der Waals surface area contributed by atoms with Crippen LogP contribution in [0.4, 0.5) is 11.8 Å². The third-order valence-corrected chi connectivity index (χ3v) is 4.12. The number of hydrogen-bond donors (Lipinski definition) is 2. The number of aromatic nitrogens is 2. The van der Waals surface area contributed by atoms with Gasteiger partial charge in [-0.15, -0.1) is 0 Å². The minimum absolute atomic E-state index is 0.250. The van der Waals surface area contributed by atoms with Gasteiger partial charge in [-0.2, -0.15) is 9.97 Å². The van der Waals surface area contributed by atoms with Crippen LogP contribution in [0, 0.1) is 0 Å². The first kappa shape index (κ1) is 12.5. The molecule has 2 saturated heterocycles. The van der Waals surface area contributed by atoms with Crippen molar-refractivity contribution in [3.8, 4) is 5.88 Å². The van der Waals surface area contributed by atoms with Crippen LogP contribution in [0.2, 0.25) is 0 Å². The normalized spacial score (nSPS) is 27.0. The number of nitrogens with two attached hydrogens (primary N) is 1. The van der Waals surface area contributed by atoms with Crippen molar-refractivity contribution in [1.82, 2.24) is 14.9 Å². The van der Waals surface area contributed by atoms with Crippen LogP contribution in [0.5, 0.6) is 5.88 Å². The van der Waals surface area contributed by atoms with Crippen molar-refractivity contribution in [3.05, 3.63) is 6.07 Å². The third-order valence-electron chi connectivity index (χ3n) is 4.12. The SMILES string of the molecule is COc1cc(NC2CCN3CCCCC23)nc(N)n1. The van der Waals surface area contributed by atoms with Gasteiger partial charge < -0.3 is 15.8 Å². The van der Waals surface area contributed by atoms with Gasteiger partial charge >= 0.3 is 0 Å². The molecule has 6 heteroatoms. The smallest absolute Gasteiger partial charge is 0.225 e. The lowest BCUT2D eigenvalue weighted by molar-refractivity contribution is 0.192. The van der Waals surface area contributed by atoms with Crippen molar-refractivity contribution >= 4 is 11.8 Å². The fourth-order valence-electron chi connectivity index (χ4n) is 3.23. The predicted molar refractivity (Wildman–Crippen MR) is 74.2 cm³/mol. The first-order chi connectivity index (χ1) is 9.26. The Bertz CT molecular complexity index is 453. The average molecular weight is 263 g/mol. The lowest BCUT2D eigenvalue weighted by atomic mass is 9.99. The second-order valence-electron chi connectivity index (χ2n) is 5.29. The molecule has 2 aliphatic rings. The summed E-state index contributed by atoms with van der Waals surface area (Å²) in [5, 5.41) is 3.50. The van der Waals surface area contributed by atoms with Crippen molar-refractivity contribution in [2.75, 3.05) is 31.2 Å². The molecule has 0 spiro atoms. The molecule has 1 aromatic rings. The predicted octanol–water partition coefficient (Wildman–Crippen LogP) is 1.11. The number of piperidine rings is 1. The third kappa shape index (κ3) is 2.58. The summed E-state index contributed by atoms with van der Waals surface area (Å²) in [6, 6.07) is 2.90. The fourth-order valence-corrected chi connectivity index (χ4v) is 3.23. The number of nitrogens with one attached hydrogen (secondary N) is 1. The van der Waals surface area contributed by atoms with Crippen LogP contribution in [0.15, 0.2) is 6.07 Å². The molecule has 104 valence electrons. The molecule has 3 heterocycles. The Morgan fingerprint density at radius 1 is 1.32 bits per heavy atom. The van der Waals surface area contributed by atoms with E-state index in [0.717, 1.165) is 12.2 Å². The van der Waals surface area contributed by atoms with Gasteiger partial charge in [-0.05, 0) is 25.8 Å². The van der Waals surface area contributed by atoms with E-state index in [9.17, 15) is 0 Å². The highest BCUT2D eigenvalue weighted by atomic mass is 16.5. The van der Waals surface area contributed by atoms with E-state index < -0.39 is 0 Å². The summed E-state index contributed by atoms with van der Waals surface area (Å²) in [4.78, 5) is 10.8. The molecule has 0 aromatic carbocycles. The average Bonchev–Trinajstić information content (AvgIpc) is 2.82. The summed E-state index contributed by atoms with van der Waals surface area (Å²) < 4.78 is 5.13. The largest absolute Gasteiger partial charge is 0.481 e. The molecule has 0 bridgehead atoms. The maximum absolute atomic E-state index is 5.69. The van der Waals surface area contributed by atoms with Crippen molar-refractivity contribution in [1.29, 1.82) is 0 Å². The highest BCUT2D eigenvalue weighted by Gasteiger charge is 2.35. The maximum Gasteiger partial charge on any atom is 0.225 e. The Morgan fingerprint density at radius 3 is 3.05 bits per heavy atom. The second kappa shape index (κ2) is 5.21. The van der Waals surface area contributed by atoms with E-state index in [1.165, 1.54) is 32.4 Å². The molecule has 2 aliphatic heterocycles. The van der Waals surface area contributed by atoms with Crippen LogP contribution in [0.3, 0.4) is 0 Å². The molecule has 0 radical (unpaired) electrons. The molecule has 3 N–H and O–H groups in total. The number of hydrogen-bond acceptors (Lipinski definition) is 6. The number of rotatable bonds is 3. The highest BCUT2D eigenvalue weighted by molar-refractivity contribution is 5.44. The van der Waals surface area contributed by atoms with Gasteiger partial charge in [0.05, 0.1) is 7.11 Å². The Balaban J connectivity index is 1.72. The van der Waals surface area contributed by atoms with Gasteiger partial charge in [-0.25, -0.2) is 0 Å². The molecule has 1 aromatic heterocycles. The molecule has 19 heavy (non-hydrogen) atoms. The van der Waals surface area contributed by atoms with E-state index >= 15 is 0 Å². The Kier molecular flexibility index (Phi) is 3.42. The van der Waals surface area contributed by atoms with Gasteiger partial charge in [0.25, 0.3) is 0 Å². The Morgan fingerprint density at radius 2 is 2.21 bits per heavy atom. The number of nitrogen functional groups attached to an aromatic ring is 1. The van der Waals surface area contributed by atoms with Gasteiger partial charge in [-0.1, -0.05) is 6.42 Å². The molecule has 2 fully saturated rings. The fraction of sp³-hybridized carbons (Fsp3) is 0.692. The molecule has 2 unspecified atom stereocenters. The summed E-state index contributed by atoms with van der Waals surface area (Å²) in [6.07, 6.45) is 5.10. The van der Waals surface area contributed by atoms with Crippen LogP contribution < -0.4 is 15.8 Å². The monoisotopic (exact) mass is 263 g/mol. The molecule has 6 nitrogen and oxygen atoms in total. The van der Waals surface area contributed by atoms with Gasteiger partial charge in [0, 0.05) is 24.7 Å². The van der Waals surface area contributed by atoms with Crippen LogP contribution in [-0.2, 0) is 0 Å². The molecule has 3 rings (SSSR count). The molecule has 2 atom stereocenters. The van der Waals surface area contributed by atoms with Crippen molar-refractivity contribution in [2.45, 2.75) is 37.8 Å². The number of methoxy groups -OCH3 is 1. The molecular weight excluding hydrogens is 242 g/mol. The van der Waals surface area contributed by atoms with E-state index in [-0.39, 0.29) is 5.95 Å². The van der Waals surface area contributed by atoms with Gasteiger partial charge in [0.1, 0.15) is 5.82 Å². The molecule has 0 aliphatic carbocycles. The van der Waals surface area contributed by atoms with Crippen molar-refractivity contribution in [3.63, 3.8) is 0 Å². The summed E-state index contributed by atoms with van der Waals surface area (Å²) in [5.41, 5.74) is 5.69. The van der Waals surface area contributed by atoms with Crippen LogP contribution in [-0.4, -0.2) is 47.2 Å². The quantitative estimate of drug-likeness (QED) is 0.850. The van der Waals surface area contributed by atoms with Crippen molar-refractivity contribution in [2.24, 2.45) is 0 Å². The van der Waals surface area contributed by atoms with Crippen molar-refractivity contribution < 1.29 is 4.74 Å². The number of anilines is 2. The first-order valence-electron chi connectivity index (χ1n) is 6.95. The summed E-state index contributed by atoms with van der Waals surface area (Å²) in [6.45, 7) is 2.41. The lowest BCUT2D eigenvalue weighted by Gasteiger charge is -2.32. The summed E-state index contributed by atoms with van der Waals surface area (Å²) >= 11 is 0. The van der Waals surface area contributed by atoms with E-state index in [1.807, 2.05) is 6.07 Å². The van der Waals surface area contributed by atoms with Gasteiger partial charge in [0.15, 0.2) is 0 Å². The minimum Gasteiger partial charge on any atom is -0.481 e. The number of nitrogens with zero attached hydrogens (tertiary/aromatic N) is 3. The standard InChI is InChI=1S/C13H21N5O/c1-19-12-8-11(16-13(14)17-12)15-9-5-7-18-6-3-2-4-10(9)18/h8-10H,2-7H2,1H3,(H3,14,15,16,17). The van der Waals surface area contributed by atoms with Crippen LogP contribution in [0.1, 0.15) is 25.7 Å². The minimum atomic E-state index is 0.250. The number of fused-ring (bicyclic) bond motifs is 1. The highest BCUT2D eigenvalue weighted by Crippen LogP contribution is 2.29. The number of ether oxygens (including phenoxy) is 1. The molecular formula is C13H21N5O. The van der Waals surface area contributed by atoms with E-state index in [1.54, 1.807) is 7.11 Å². The zero-order chi connectivity index (χ0) is 13.2. The Hall–Kier alpha value is -1.56. The van der Waals surface area contributed by atoms with Gasteiger partial charge in [-0.3, -0.25) is 4.90 Å². The zero-order valence-corrected chi connectivity index (χ0v) is 11.3. The molecule has 0 saturated carbocycles. The van der Waals surface area contributed by atoms with E-state index in [0.29, 0.717) is 18.0 Å². The first-order valence-corrected chi connectivity index (χ1v) is 6.95. The zero-order valence-electron chi connectivity index (χ0n) is 11.3. The molecule has 0 amide bonds. The Labute approximate surface area is 113 Å². The van der Waals surface area contributed by atoms with Gasteiger partial charge in [0.2, 0.25) is 11.8 Å². The topological polar surface area (TPSA) is 76.3 Å². The van der Waals surface area contributed by atoms with E-state index in [4.69, 9.17) is 10.5 Å².